The van der Waals surface area contributed by atoms with Crippen LogP contribution in [0.2, 0.25) is 0 Å². The number of thiazole rings is 1. The summed E-state index contributed by atoms with van der Waals surface area (Å²) in [5.41, 5.74) is 2.30. The van der Waals surface area contributed by atoms with Crippen LogP contribution < -0.4 is 5.32 Å². The fourth-order valence-electron chi connectivity index (χ4n) is 3.23. The molecular formula is C18H22N6S. The molecule has 0 bridgehead atoms. The van der Waals surface area contributed by atoms with E-state index in [0.717, 1.165) is 47.5 Å². The molecule has 1 atom stereocenters. The Morgan fingerprint density at radius 1 is 1.32 bits per heavy atom. The van der Waals surface area contributed by atoms with Gasteiger partial charge in [-0.2, -0.15) is 0 Å². The highest BCUT2D eigenvalue weighted by Crippen LogP contribution is 2.34. The largest absolute Gasteiger partial charge is 0.337 e. The van der Waals surface area contributed by atoms with Crippen LogP contribution in [0.4, 0.5) is 10.9 Å². The van der Waals surface area contributed by atoms with E-state index in [0.29, 0.717) is 6.04 Å². The number of imidazole rings is 1. The van der Waals surface area contributed by atoms with Crippen molar-refractivity contribution in [1.82, 2.24) is 24.4 Å². The number of nitrogens with zero attached hydrogens (tertiary/aromatic N) is 5. The number of hydrogen-bond donors (Lipinski definition) is 1. The van der Waals surface area contributed by atoms with Crippen molar-refractivity contribution in [3.8, 4) is 0 Å². The Kier molecular flexibility index (Phi) is 4.50. The van der Waals surface area contributed by atoms with Crippen molar-refractivity contribution < 1.29 is 0 Å². The molecule has 0 amide bonds. The number of pyridine rings is 1. The predicted molar refractivity (Wildman–Crippen MR) is 100.0 cm³/mol. The number of hydrogen-bond acceptors (Lipinski definition) is 6. The topological polar surface area (TPSA) is 58.9 Å². The minimum atomic E-state index is 0.370. The number of likely N-dealkylation sites (tertiary alicyclic amines) is 1. The van der Waals surface area contributed by atoms with Crippen LogP contribution >= 0.6 is 11.3 Å². The van der Waals surface area contributed by atoms with Crippen molar-refractivity contribution in [2.45, 2.75) is 32.4 Å². The molecule has 0 radical (unpaired) electrons. The van der Waals surface area contributed by atoms with Gasteiger partial charge < -0.3 is 9.88 Å². The Hall–Kier alpha value is -2.25. The first-order chi connectivity index (χ1) is 12.2. The maximum atomic E-state index is 4.81. The number of anilines is 2. The summed E-state index contributed by atoms with van der Waals surface area (Å²) in [4.78, 5) is 16.1. The van der Waals surface area contributed by atoms with Gasteiger partial charge in [-0.25, -0.2) is 15.0 Å². The number of aromatic nitrogens is 4. The Morgan fingerprint density at radius 3 is 3.00 bits per heavy atom. The quantitative estimate of drug-likeness (QED) is 0.758. The molecule has 0 spiro atoms. The Bertz CT molecular complexity index is 837. The van der Waals surface area contributed by atoms with Crippen LogP contribution in [0.25, 0.3) is 0 Å². The lowest BCUT2D eigenvalue weighted by Gasteiger charge is -2.22. The van der Waals surface area contributed by atoms with Gasteiger partial charge >= 0.3 is 0 Å². The van der Waals surface area contributed by atoms with Gasteiger partial charge in [0.25, 0.3) is 0 Å². The summed E-state index contributed by atoms with van der Waals surface area (Å²) in [6.45, 7) is 4.00. The molecule has 130 valence electrons. The van der Waals surface area contributed by atoms with Crippen molar-refractivity contribution in [1.29, 1.82) is 0 Å². The summed E-state index contributed by atoms with van der Waals surface area (Å²) >= 11 is 1.64. The minimum absolute atomic E-state index is 0.370. The maximum absolute atomic E-state index is 4.81. The normalized spacial score (nSPS) is 17.9. The van der Waals surface area contributed by atoms with Gasteiger partial charge in [0.05, 0.1) is 18.3 Å². The molecule has 4 heterocycles. The zero-order valence-corrected chi connectivity index (χ0v) is 15.3. The summed E-state index contributed by atoms with van der Waals surface area (Å²) in [5, 5.41) is 6.37. The van der Waals surface area contributed by atoms with Gasteiger partial charge in [-0.1, -0.05) is 6.07 Å². The summed E-state index contributed by atoms with van der Waals surface area (Å²) in [7, 11) is 2.05. The van der Waals surface area contributed by atoms with Gasteiger partial charge in [0.1, 0.15) is 11.6 Å². The molecule has 1 fully saturated rings. The lowest BCUT2D eigenvalue weighted by Crippen LogP contribution is -2.24. The first-order valence-electron chi connectivity index (χ1n) is 8.54. The lowest BCUT2D eigenvalue weighted by atomic mass is 10.2. The van der Waals surface area contributed by atoms with Crippen molar-refractivity contribution in [3.05, 3.63) is 53.2 Å². The standard InChI is InChI=1S/C18H22N6S/c1-13-5-6-16(20-10-13)22-18-21-14(12-25-18)15-4-3-8-24(15)11-17-19-7-9-23(17)2/h5-7,9-10,12,15H,3-4,8,11H2,1-2H3,(H,20,21,22). The van der Waals surface area contributed by atoms with Crippen LogP contribution in [0.3, 0.4) is 0 Å². The monoisotopic (exact) mass is 354 g/mol. The highest BCUT2D eigenvalue weighted by Gasteiger charge is 2.28. The third-order valence-electron chi connectivity index (χ3n) is 4.64. The molecule has 0 saturated carbocycles. The number of aryl methyl sites for hydroxylation is 2. The fourth-order valence-corrected chi connectivity index (χ4v) is 3.99. The van der Waals surface area contributed by atoms with Crippen LogP contribution in [-0.2, 0) is 13.6 Å². The molecule has 1 N–H and O–H groups in total. The molecule has 1 saturated heterocycles. The molecule has 1 unspecified atom stereocenters. The van der Waals surface area contributed by atoms with Crippen LogP contribution in [0.15, 0.2) is 36.1 Å². The molecule has 1 aliphatic rings. The van der Waals surface area contributed by atoms with Gasteiger partial charge in [-0.3, -0.25) is 4.90 Å². The highest BCUT2D eigenvalue weighted by atomic mass is 32.1. The van der Waals surface area contributed by atoms with Gasteiger partial charge in [0.2, 0.25) is 0 Å². The first-order valence-corrected chi connectivity index (χ1v) is 9.42. The Morgan fingerprint density at radius 2 is 2.24 bits per heavy atom. The molecule has 25 heavy (non-hydrogen) atoms. The smallest absolute Gasteiger partial charge is 0.188 e. The summed E-state index contributed by atoms with van der Waals surface area (Å²) in [6.07, 6.45) is 8.08. The van der Waals surface area contributed by atoms with Gasteiger partial charge in [-0.15, -0.1) is 11.3 Å². The van der Waals surface area contributed by atoms with E-state index in [1.165, 1.54) is 6.42 Å². The van der Waals surface area contributed by atoms with E-state index in [1.54, 1.807) is 11.3 Å². The SMILES string of the molecule is Cc1ccc(Nc2nc(C3CCCN3Cc3nccn3C)cs2)nc1. The van der Waals surface area contributed by atoms with Gasteiger partial charge in [0, 0.05) is 31.0 Å². The number of nitrogens with one attached hydrogen (secondary N) is 1. The first kappa shape index (κ1) is 16.2. The summed E-state index contributed by atoms with van der Waals surface area (Å²) < 4.78 is 2.09. The van der Waals surface area contributed by atoms with E-state index in [2.05, 4.69) is 36.2 Å². The molecular weight excluding hydrogens is 332 g/mol. The number of rotatable bonds is 5. The van der Waals surface area contributed by atoms with E-state index < -0.39 is 0 Å². The van der Waals surface area contributed by atoms with Crippen LogP contribution in [0, 0.1) is 6.92 Å². The van der Waals surface area contributed by atoms with Crippen LogP contribution in [0.1, 0.15) is 36.0 Å². The van der Waals surface area contributed by atoms with E-state index in [-0.39, 0.29) is 0 Å². The minimum Gasteiger partial charge on any atom is -0.337 e. The van der Waals surface area contributed by atoms with Crippen molar-refractivity contribution in [2.24, 2.45) is 7.05 Å². The molecule has 4 rings (SSSR count). The third-order valence-corrected chi connectivity index (χ3v) is 5.41. The second-order valence-corrected chi connectivity index (χ2v) is 7.36. The second-order valence-electron chi connectivity index (χ2n) is 6.51. The van der Waals surface area contributed by atoms with Gasteiger partial charge in [0.15, 0.2) is 5.13 Å². The molecule has 6 nitrogen and oxygen atoms in total. The van der Waals surface area contributed by atoms with E-state index >= 15 is 0 Å². The van der Waals surface area contributed by atoms with Crippen LogP contribution in [-0.4, -0.2) is 31.0 Å². The average Bonchev–Trinajstić information content (AvgIpc) is 3.33. The average molecular weight is 354 g/mol. The molecule has 0 aliphatic carbocycles. The molecule has 7 heteroatoms. The second kappa shape index (κ2) is 6.93. The Balaban J connectivity index is 1.47. The maximum Gasteiger partial charge on any atom is 0.188 e. The predicted octanol–water partition coefficient (Wildman–Crippen LogP) is 3.66. The van der Waals surface area contributed by atoms with Crippen molar-refractivity contribution in [2.75, 3.05) is 11.9 Å². The molecule has 0 aromatic carbocycles. The van der Waals surface area contributed by atoms with Crippen LogP contribution in [0.5, 0.6) is 0 Å². The van der Waals surface area contributed by atoms with E-state index in [1.807, 2.05) is 38.6 Å². The molecule has 3 aromatic rings. The Labute approximate surface area is 151 Å². The highest BCUT2D eigenvalue weighted by molar-refractivity contribution is 7.13. The van der Waals surface area contributed by atoms with Crippen molar-refractivity contribution >= 4 is 22.3 Å². The van der Waals surface area contributed by atoms with E-state index in [4.69, 9.17) is 4.98 Å². The van der Waals surface area contributed by atoms with Crippen molar-refractivity contribution in [3.63, 3.8) is 0 Å². The fraction of sp³-hybridized carbons (Fsp3) is 0.389. The zero-order chi connectivity index (χ0) is 17.2. The summed E-state index contributed by atoms with van der Waals surface area (Å²) in [6, 6.07) is 4.41. The third kappa shape index (κ3) is 3.57. The lowest BCUT2D eigenvalue weighted by molar-refractivity contribution is 0.237. The van der Waals surface area contributed by atoms with E-state index in [9.17, 15) is 0 Å². The van der Waals surface area contributed by atoms with Gasteiger partial charge in [-0.05, 0) is 37.9 Å². The molecule has 3 aromatic heterocycles. The molecule has 1 aliphatic heterocycles. The zero-order valence-electron chi connectivity index (χ0n) is 14.5. The summed E-state index contributed by atoms with van der Waals surface area (Å²) in [5.74, 6) is 1.94.